The van der Waals surface area contributed by atoms with E-state index in [1.165, 1.54) is 12.3 Å². The Bertz CT molecular complexity index is 544. The lowest BCUT2D eigenvalue weighted by Gasteiger charge is -2.24. The van der Waals surface area contributed by atoms with E-state index in [9.17, 15) is 8.78 Å². The first-order valence-electron chi connectivity index (χ1n) is 5.86. The van der Waals surface area contributed by atoms with Crippen molar-refractivity contribution in [2.45, 2.75) is 25.3 Å². The standard InChI is InChI=1S/C13H13F2NO/c14-9-7-10(15)12(11-3-1-2-5-16-11)13-8(9)4-6-17-13/h4,6-7,11,16H,1-3,5H2. The summed E-state index contributed by atoms with van der Waals surface area (Å²) in [7, 11) is 0. The van der Waals surface area contributed by atoms with Crippen LogP contribution in [0.4, 0.5) is 8.78 Å². The first kappa shape index (κ1) is 10.7. The third-order valence-electron chi connectivity index (χ3n) is 3.34. The van der Waals surface area contributed by atoms with Crippen LogP contribution >= 0.6 is 0 Å². The number of rotatable bonds is 1. The van der Waals surface area contributed by atoms with E-state index in [0.717, 1.165) is 31.9 Å². The molecular weight excluding hydrogens is 224 g/mol. The van der Waals surface area contributed by atoms with Crippen LogP contribution in [0.5, 0.6) is 0 Å². The van der Waals surface area contributed by atoms with Crippen molar-refractivity contribution in [2.24, 2.45) is 0 Å². The molecule has 1 saturated heterocycles. The van der Waals surface area contributed by atoms with Crippen molar-refractivity contribution >= 4 is 11.0 Å². The largest absolute Gasteiger partial charge is 0.464 e. The molecule has 0 saturated carbocycles. The van der Waals surface area contributed by atoms with Gasteiger partial charge in [-0.1, -0.05) is 6.42 Å². The fraction of sp³-hybridized carbons (Fsp3) is 0.385. The van der Waals surface area contributed by atoms with Gasteiger partial charge in [-0.15, -0.1) is 0 Å². The summed E-state index contributed by atoms with van der Waals surface area (Å²) < 4.78 is 32.7. The van der Waals surface area contributed by atoms with Crippen molar-refractivity contribution in [1.82, 2.24) is 5.32 Å². The van der Waals surface area contributed by atoms with Crippen molar-refractivity contribution in [3.63, 3.8) is 0 Å². The molecule has 2 heterocycles. The topological polar surface area (TPSA) is 25.2 Å². The van der Waals surface area contributed by atoms with Gasteiger partial charge in [0.1, 0.15) is 17.2 Å². The third kappa shape index (κ3) is 1.72. The summed E-state index contributed by atoms with van der Waals surface area (Å²) in [6, 6.07) is 2.41. The molecule has 1 aliphatic heterocycles. The highest BCUT2D eigenvalue weighted by Crippen LogP contribution is 2.33. The Morgan fingerprint density at radius 3 is 2.88 bits per heavy atom. The van der Waals surface area contributed by atoms with Gasteiger partial charge < -0.3 is 9.73 Å². The van der Waals surface area contributed by atoms with E-state index in [0.29, 0.717) is 16.5 Å². The molecule has 1 aromatic heterocycles. The van der Waals surface area contributed by atoms with Crippen LogP contribution in [-0.2, 0) is 0 Å². The van der Waals surface area contributed by atoms with Gasteiger partial charge in [-0.3, -0.25) is 0 Å². The number of benzene rings is 1. The van der Waals surface area contributed by atoms with Crippen LogP contribution in [0.25, 0.3) is 11.0 Å². The SMILES string of the molecule is Fc1cc(F)c2ccoc2c1C1CCCCN1. The van der Waals surface area contributed by atoms with E-state index in [4.69, 9.17) is 4.42 Å². The zero-order chi connectivity index (χ0) is 11.8. The van der Waals surface area contributed by atoms with Crippen LogP contribution in [0.1, 0.15) is 30.9 Å². The number of hydrogen-bond acceptors (Lipinski definition) is 2. The minimum absolute atomic E-state index is 0.0713. The van der Waals surface area contributed by atoms with Crippen molar-refractivity contribution in [3.8, 4) is 0 Å². The van der Waals surface area contributed by atoms with Crippen LogP contribution in [0.3, 0.4) is 0 Å². The predicted octanol–water partition coefficient (Wildman–Crippen LogP) is 3.53. The minimum Gasteiger partial charge on any atom is -0.464 e. The molecule has 2 aromatic rings. The summed E-state index contributed by atoms with van der Waals surface area (Å²) >= 11 is 0. The average Bonchev–Trinajstić information content (AvgIpc) is 2.79. The first-order valence-corrected chi connectivity index (χ1v) is 5.86. The molecule has 0 spiro atoms. The van der Waals surface area contributed by atoms with Crippen LogP contribution in [0.2, 0.25) is 0 Å². The highest BCUT2D eigenvalue weighted by Gasteiger charge is 2.24. The first-order chi connectivity index (χ1) is 8.27. The Morgan fingerprint density at radius 2 is 2.12 bits per heavy atom. The Hall–Kier alpha value is -1.42. The number of nitrogens with one attached hydrogen (secondary N) is 1. The maximum absolute atomic E-state index is 13.9. The highest BCUT2D eigenvalue weighted by atomic mass is 19.1. The van der Waals surface area contributed by atoms with Gasteiger partial charge >= 0.3 is 0 Å². The van der Waals surface area contributed by atoms with Gasteiger partial charge in [-0.05, 0) is 25.5 Å². The molecule has 1 atom stereocenters. The second kappa shape index (κ2) is 4.11. The normalized spacial score (nSPS) is 20.9. The van der Waals surface area contributed by atoms with Crippen molar-refractivity contribution < 1.29 is 13.2 Å². The van der Waals surface area contributed by atoms with Crippen molar-refractivity contribution in [3.05, 3.63) is 35.6 Å². The molecule has 1 aromatic carbocycles. The fourth-order valence-electron chi connectivity index (χ4n) is 2.50. The van der Waals surface area contributed by atoms with E-state index < -0.39 is 11.6 Å². The summed E-state index contributed by atoms with van der Waals surface area (Å²) in [5, 5.41) is 3.61. The smallest absolute Gasteiger partial charge is 0.144 e. The Morgan fingerprint density at radius 1 is 1.24 bits per heavy atom. The van der Waals surface area contributed by atoms with Gasteiger partial charge in [0, 0.05) is 17.7 Å². The third-order valence-corrected chi connectivity index (χ3v) is 3.34. The van der Waals surface area contributed by atoms with Gasteiger partial charge in [0.15, 0.2) is 0 Å². The molecule has 4 heteroatoms. The number of halogens is 2. The Kier molecular flexibility index (Phi) is 2.59. The van der Waals surface area contributed by atoms with Gasteiger partial charge in [-0.25, -0.2) is 8.78 Å². The molecule has 17 heavy (non-hydrogen) atoms. The Balaban J connectivity index is 2.16. The molecule has 1 fully saturated rings. The molecule has 1 N–H and O–H groups in total. The van der Waals surface area contributed by atoms with E-state index in [2.05, 4.69) is 5.32 Å². The summed E-state index contributed by atoms with van der Waals surface area (Å²) in [6.45, 7) is 0.865. The molecular formula is C13H13F2NO. The average molecular weight is 237 g/mol. The maximum atomic E-state index is 13.9. The molecule has 90 valence electrons. The lowest BCUT2D eigenvalue weighted by molar-refractivity contribution is 0.397. The van der Waals surface area contributed by atoms with Crippen LogP contribution in [0.15, 0.2) is 22.8 Å². The van der Waals surface area contributed by atoms with E-state index in [1.807, 2.05) is 0 Å². The number of fused-ring (bicyclic) bond motifs is 1. The number of hydrogen-bond donors (Lipinski definition) is 1. The van der Waals surface area contributed by atoms with Gasteiger partial charge in [0.2, 0.25) is 0 Å². The van der Waals surface area contributed by atoms with Crippen LogP contribution in [0, 0.1) is 11.6 Å². The van der Waals surface area contributed by atoms with Crippen molar-refractivity contribution in [1.29, 1.82) is 0 Å². The van der Waals surface area contributed by atoms with Gasteiger partial charge in [-0.2, -0.15) is 0 Å². The van der Waals surface area contributed by atoms with Gasteiger partial charge in [0.25, 0.3) is 0 Å². The summed E-state index contributed by atoms with van der Waals surface area (Å²) in [5.74, 6) is -1.09. The minimum atomic E-state index is -0.564. The molecule has 0 amide bonds. The summed E-state index contributed by atoms with van der Waals surface area (Å²) in [6.07, 6.45) is 4.41. The predicted molar refractivity (Wildman–Crippen MR) is 60.7 cm³/mol. The van der Waals surface area contributed by atoms with Crippen molar-refractivity contribution in [2.75, 3.05) is 6.54 Å². The zero-order valence-electron chi connectivity index (χ0n) is 9.30. The summed E-state index contributed by atoms with van der Waals surface area (Å²) in [4.78, 5) is 0. The fourth-order valence-corrected chi connectivity index (χ4v) is 2.50. The molecule has 1 unspecified atom stereocenters. The molecule has 0 radical (unpaired) electrons. The molecule has 2 nitrogen and oxygen atoms in total. The van der Waals surface area contributed by atoms with E-state index >= 15 is 0 Å². The summed E-state index contributed by atoms with van der Waals surface area (Å²) in [5.41, 5.74) is 0.799. The monoisotopic (exact) mass is 237 g/mol. The highest BCUT2D eigenvalue weighted by molar-refractivity contribution is 5.81. The quantitative estimate of drug-likeness (QED) is 0.820. The number of furan rings is 1. The molecule has 3 rings (SSSR count). The second-order valence-electron chi connectivity index (χ2n) is 4.42. The van der Waals surface area contributed by atoms with Crippen LogP contribution < -0.4 is 5.32 Å². The van der Waals surface area contributed by atoms with Gasteiger partial charge in [0.05, 0.1) is 11.6 Å². The molecule has 0 aliphatic carbocycles. The zero-order valence-corrected chi connectivity index (χ0v) is 9.30. The van der Waals surface area contributed by atoms with E-state index in [-0.39, 0.29) is 6.04 Å². The maximum Gasteiger partial charge on any atom is 0.144 e. The second-order valence-corrected chi connectivity index (χ2v) is 4.42. The lowest BCUT2D eigenvalue weighted by atomic mass is 9.95. The lowest BCUT2D eigenvalue weighted by Crippen LogP contribution is -2.27. The van der Waals surface area contributed by atoms with E-state index in [1.54, 1.807) is 0 Å². The molecule has 1 aliphatic rings. The number of piperidine rings is 1. The molecule has 0 bridgehead atoms. The Labute approximate surface area is 97.6 Å². The van der Waals surface area contributed by atoms with Crippen LogP contribution in [-0.4, -0.2) is 6.54 Å².